The van der Waals surface area contributed by atoms with E-state index in [1.807, 2.05) is 42.2 Å². The lowest BCUT2D eigenvalue weighted by Crippen LogP contribution is -3.12. The minimum Gasteiger partial charge on any atom is -0.454 e. The lowest BCUT2D eigenvalue weighted by Gasteiger charge is -2.23. The third-order valence-corrected chi connectivity index (χ3v) is 6.83. The molecule has 0 aliphatic carbocycles. The van der Waals surface area contributed by atoms with E-state index in [2.05, 4.69) is 20.8 Å². The Balaban J connectivity index is 1.69. The van der Waals surface area contributed by atoms with Crippen LogP contribution in [0.2, 0.25) is 0 Å². The topological polar surface area (TPSA) is 56.1 Å². The SMILES string of the molecule is CC[NH+](CC)CCN(C(=O)c1ccc(C)c(C)c1)c1nc2cc3c(cc2s1)OCO3. The summed E-state index contributed by atoms with van der Waals surface area (Å²) in [6.45, 7) is 12.2. The number of hydrogen-bond acceptors (Lipinski definition) is 5. The van der Waals surface area contributed by atoms with Crippen molar-refractivity contribution >= 4 is 32.6 Å². The molecule has 0 bridgehead atoms. The molecule has 0 saturated carbocycles. The molecule has 7 heteroatoms. The maximum Gasteiger partial charge on any atom is 0.260 e. The molecule has 2 aromatic carbocycles. The minimum absolute atomic E-state index is 0.0104. The van der Waals surface area contributed by atoms with Crippen molar-refractivity contribution in [1.82, 2.24) is 4.98 Å². The number of anilines is 1. The van der Waals surface area contributed by atoms with E-state index in [0.717, 1.165) is 41.2 Å². The van der Waals surface area contributed by atoms with E-state index < -0.39 is 0 Å². The molecule has 0 radical (unpaired) electrons. The average Bonchev–Trinajstić information content (AvgIpc) is 3.36. The molecule has 0 atom stereocenters. The Bertz CT molecular complexity index is 1030. The van der Waals surface area contributed by atoms with Crippen LogP contribution in [0.3, 0.4) is 0 Å². The molecule has 0 fully saturated rings. The highest BCUT2D eigenvalue weighted by atomic mass is 32.1. The molecule has 2 heterocycles. The van der Waals surface area contributed by atoms with Crippen LogP contribution in [0.4, 0.5) is 5.13 Å². The summed E-state index contributed by atoms with van der Waals surface area (Å²) in [7, 11) is 0. The van der Waals surface area contributed by atoms with E-state index in [-0.39, 0.29) is 12.7 Å². The highest BCUT2D eigenvalue weighted by Crippen LogP contribution is 2.40. The van der Waals surface area contributed by atoms with Crippen molar-refractivity contribution in [3.63, 3.8) is 0 Å². The van der Waals surface area contributed by atoms with Gasteiger partial charge in [0.1, 0.15) is 0 Å². The second-order valence-electron chi connectivity index (χ2n) is 7.63. The van der Waals surface area contributed by atoms with E-state index in [9.17, 15) is 4.79 Å². The summed E-state index contributed by atoms with van der Waals surface area (Å²) in [5, 5.41) is 0.712. The molecule has 1 amide bonds. The third kappa shape index (κ3) is 4.00. The first-order valence-corrected chi connectivity index (χ1v) is 11.2. The molecule has 1 aromatic heterocycles. The van der Waals surface area contributed by atoms with Crippen LogP contribution >= 0.6 is 11.3 Å². The summed E-state index contributed by atoms with van der Waals surface area (Å²) in [4.78, 5) is 21.6. The lowest BCUT2D eigenvalue weighted by molar-refractivity contribution is -0.894. The second-order valence-corrected chi connectivity index (χ2v) is 8.64. The summed E-state index contributed by atoms with van der Waals surface area (Å²) in [6, 6.07) is 9.73. The van der Waals surface area contributed by atoms with E-state index >= 15 is 0 Å². The van der Waals surface area contributed by atoms with Gasteiger partial charge in [0, 0.05) is 17.7 Å². The predicted octanol–water partition coefficient (Wildman–Crippen LogP) is 3.21. The van der Waals surface area contributed by atoms with E-state index in [1.165, 1.54) is 21.8 Å². The number of aromatic nitrogens is 1. The Morgan fingerprint density at radius 3 is 2.53 bits per heavy atom. The molecule has 4 rings (SSSR count). The number of benzene rings is 2. The van der Waals surface area contributed by atoms with Crippen molar-refractivity contribution in [2.45, 2.75) is 27.7 Å². The number of nitrogens with zero attached hydrogens (tertiary/aromatic N) is 2. The van der Waals surface area contributed by atoms with Gasteiger partial charge in [-0.05, 0) is 51.0 Å². The minimum atomic E-state index is -0.0104. The second kappa shape index (κ2) is 8.62. The lowest BCUT2D eigenvalue weighted by atomic mass is 10.1. The number of fused-ring (bicyclic) bond motifs is 2. The highest BCUT2D eigenvalue weighted by molar-refractivity contribution is 7.22. The molecule has 1 N–H and O–H groups in total. The average molecular weight is 427 g/mol. The zero-order chi connectivity index (χ0) is 21.3. The maximum atomic E-state index is 13.5. The Morgan fingerprint density at radius 2 is 1.83 bits per heavy atom. The summed E-state index contributed by atoms with van der Waals surface area (Å²) < 4.78 is 12.0. The standard InChI is InChI=1S/C23H27N3O3S/c1-5-25(6-2)9-10-26(22(27)17-8-7-15(3)16(4)11-17)23-24-18-12-19-20(29-14-28-19)13-21(18)30-23/h7-8,11-13H,5-6,9-10,14H2,1-4H3/p+1. The third-order valence-electron chi connectivity index (χ3n) is 5.79. The number of amides is 1. The van der Waals surface area contributed by atoms with E-state index in [1.54, 1.807) is 0 Å². The van der Waals surface area contributed by atoms with E-state index in [4.69, 9.17) is 14.5 Å². The number of ether oxygens (including phenoxy) is 2. The molecule has 0 spiro atoms. The normalized spacial score (nSPS) is 12.7. The molecule has 158 valence electrons. The fourth-order valence-electron chi connectivity index (χ4n) is 3.61. The van der Waals surface area contributed by atoms with Crippen LogP contribution in [0, 0.1) is 13.8 Å². The van der Waals surface area contributed by atoms with Gasteiger partial charge in [-0.3, -0.25) is 9.69 Å². The maximum absolute atomic E-state index is 13.5. The number of aryl methyl sites for hydroxylation is 2. The molecule has 30 heavy (non-hydrogen) atoms. The van der Waals surface area contributed by atoms with Crippen molar-refractivity contribution in [3.8, 4) is 11.5 Å². The zero-order valence-electron chi connectivity index (χ0n) is 17.9. The van der Waals surface area contributed by atoms with Gasteiger partial charge in [-0.1, -0.05) is 17.4 Å². The van der Waals surface area contributed by atoms with Crippen LogP contribution in [0.5, 0.6) is 11.5 Å². The van der Waals surface area contributed by atoms with Gasteiger partial charge in [0.25, 0.3) is 5.91 Å². The van der Waals surface area contributed by atoms with Crippen LogP contribution in [0.15, 0.2) is 30.3 Å². The molecule has 0 unspecified atom stereocenters. The summed E-state index contributed by atoms with van der Waals surface area (Å²) in [5.74, 6) is 1.43. The fraction of sp³-hybridized carbons (Fsp3) is 0.391. The number of rotatable bonds is 7. The van der Waals surface area contributed by atoms with Crippen LogP contribution in [0.1, 0.15) is 35.3 Å². The van der Waals surface area contributed by atoms with Gasteiger partial charge in [0.05, 0.1) is 36.4 Å². The van der Waals surface area contributed by atoms with Crippen molar-refractivity contribution < 1.29 is 19.2 Å². The largest absolute Gasteiger partial charge is 0.454 e. The smallest absolute Gasteiger partial charge is 0.260 e. The van der Waals surface area contributed by atoms with Crippen LogP contribution < -0.4 is 19.3 Å². The van der Waals surface area contributed by atoms with Gasteiger partial charge in [0.2, 0.25) is 6.79 Å². The number of carbonyl (C=O) groups excluding carboxylic acids is 1. The molecule has 1 aliphatic heterocycles. The Kier molecular flexibility index (Phi) is 5.92. The zero-order valence-corrected chi connectivity index (χ0v) is 18.8. The fourth-order valence-corrected chi connectivity index (χ4v) is 4.61. The first-order chi connectivity index (χ1) is 14.5. The van der Waals surface area contributed by atoms with Gasteiger partial charge < -0.3 is 14.4 Å². The predicted molar refractivity (Wildman–Crippen MR) is 120 cm³/mol. The van der Waals surface area contributed by atoms with Crippen LogP contribution in [-0.2, 0) is 0 Å². The highest BCUT2D eigenvalue weighted by Gasteiger charge is 2.24. The molecule has 6 nitrogen and oxygen atoms in total. The number of thiazole rings is 1. The Hall–Kier alpha value is -2.64. The Morgan fingerprint density at radius 1 is 1.10 bits per heavy atom. The number of carbonyl (C=O) groups is 1. The van der Waals surface area contributed by atoms with Gasteiger partial charge in [-0.2, -0.15) is 0 Å². The number of quaternary nitrogens is 1. The van der Waals surface area contributed by atoms with Gasteiger partial charge in [-0.15, -0.1) is 0 Å². The first-order valence-electron chi connectivity index (χ1n) is 10.4. The number of likely N-dealkylation sites (N-methyl/N-ethyl adjacent to an activating group) is 1. The van der Waals surface area contributed by atoms with Crippen LogP contribution in [0.25, 0.3) is 10.2 Å². The van der Waals surface area contributed by atoms with Crippen molar-refractivity contribution in [1.29, 1.82) is 0 Å². The molecule has 1 aliphatic rings. The van der Waals surface area contributed by atoms with Gasteiger partial charge >= 0.3 is 0 Å². The summed E-state index contributed by atoms with van der Waals surface area (Å²) in [5.41, 5.74) is 3.82. The molecular weight excluding hydrogens is 398 g/mol. The van der Waals surface area contributed by atoms with Crippen LogP contribution in [-0.4, -0.2) is 43.9 Å². The Labute approximate surface area is 181 Å². The van der Waals surface area contributed by atoms with Crippen molar-refractivity contribution in [2.75, 3.05) is 37.9 Å². The number of nitrogens with one attached hydrogen (secondary N) is 1. The summed E-state index contributed by atoms with van der Waals surface area (Å²) in [6.07, 6.45) is 0. The molecule has 3 aromatic rings. The quantitative estimate of drug-likeness (QED) is 0.630. The molecular formula is C23H28N3O3S+. The monoisotopic (exact) mass is 426 g/mol. The summed E-state index contributed by atoms with van der Waals surface area (Å²) >= 11 is 1.52. The van der Waals surface area contributed by atoms with E-state index in [0.29, 0.717) is 23.0 Å². The number of hydrogen-bond donors (Lipinski definition) is 1. The van der Waals surface area contributed by atoms with Crippen molar-refractivity contribution in [3.05, 3.63) is 47.0 Å². The van der Waals surface area contributed by atoms with Gasteiger partial charge in [0.15, 0.2) is 16.6 Å². The van der Waals surface area contributed by atoms with Gasteiger partial charge in [-0.25, -0.2) is 4.98 Å². The van der Waals surface area contributed by atoms with Crippen molar-refractivity contribution in [2.24, 2.45) is 0 Å². The molecule has 0 saturated heterocycles. The first kappa shape index (κ1) is 20.6.